The second kappa shape index (κ2) is 7.89. The first-order chi connectivity index (χ1) is 11.4. The van der Waals surface area contributed by atoms with Crippen LogP contribution < -0.4 is 5.32 Å². The van der Waals surface area contributed by atoms with E-state index in [1.54, 1.807) is 18.2 Å². The fourth-order valence-electron chi connectivity index (χ4n) is 1.80. The molecule has 126 valence electrons. The number of nitrogens with one attached hydrogen (secondary N) is 1. The Labute approximate surface area is 143 Å². The Morgan fingerprint density at radius 2 is 2.00 bits per heavy atom. The molecule has 1 aromatic heterocycles. The molecule has 1 N–H and O–H groups in total. The molecule has 0 aliphatic heterocycles. The molecule has 0 bridgehead atoms. The van der Waals surface area contributed by atoms with E-state index in [9.17, 15) is 18.0 Å². The highest BCUT2D eigenvalue weighted by Crippen LogP contribution is 2.20. The highest BCUT2D eigenvalue weighted by molar-refractivity contribution is 7.90. The van der Waals surface area contributed by atoms with E-state index in [-0.39, 0.29) is 10.6 Å². The molecule has 0 atom stereocenters. The minimum Gasteiger partial charge on any atom is -0.452 e. The molecule has 0 saturated carbocycles. The summed E-state index contributed by atoms with van der Waals surface area (Å²) in [5, 5.41) is 6.16. The van der Waals surface area contributed by atoms with E-state index in [0.717, 1.165) is 11.8 Å². The lowest BCUT2D eigenvalue weighted by atomic mass is 10.3. The number of thiophene rings is 1. The number of esters is 1. The first-order valence-electron chi connectivity index (χ1n) is 6.82. The number of para-hydroxylation sites is 1. The summed E-state index contributed by atoms with van der Waals surface area (Å²) in [7, 11) is -3.48. The van der Waals surface area contributed by atoms with Gasteiger partial charge in [-0.15, -0.1) is 0 Å². The molecule has 0 unspecified atom stereocenters. The second-order valence-electron chi connectivity index (χ2n) is 4.81. The molecule has 6 nitrogen and oxygen atoms in total. The highest BCUT2D eigenvalue weighted by Gasteiger charge is 2.15. The van der Waals surface area contributed by atoms with E-state index in [4.69, 9.17) is 4.74 Å². The lowest BCUT2D eigenvalue weighted by Gasteiger charge is -2.09. The van der Waals surface area contributed by atoms with Crippen molar-refractivity contribution in [3.63, 3.8) is 0 Å². The maximum absolute atomic E-state index is 11.8. The Hall–Kier alpha value is -2.45. The van der Waals surface area contributed by atoms with Crippen LogP contribution in [0, 0.1) is 0 Å². The van der Waals surface area contributed by atoms with Gasteiger partial charge < -0.3 is 10.1 Å². The molecular weight excluding hydrogens is 350 g/mol. The Kier molecular flexibility index (Phi) is 5.88. The van der Waals surface area contributed by atoms with E-state index < -0.39 is 28.3 Å². The standard InChI is InChI=1S/C16H15NO5S2/c1-24(20,21)14-5-3-2-4-13(14)17-15(18)10-22-16(19)7-6-12-8-9-23-11-12/h2-9,11H,10H2,1H3,(H,17,18)/b7-6+. The van der Waals surface area contributed by atoms with Gasteiger partial charge in [-0.2, -0.15) is 11.3 Å². The third-order valence-corrected chi connectivity index (χ3v) is 4.72. The van der Waals surface area contributed by atoms with Gasteiger partial charge in [0.1, 0.15) is 0 Å². The molecule has 0 radical (unpaired) electrons. The van der Waals surface area contributed by atoms with Crippen molar-refractivity contribution in [3.05, 3.63) is 52.7 Å². The molecular formula is C16H15NO5S2. The van der Waals surface area contributed by atoms with Crippen molar-refractivity contribution in [1.82, 2.24) is 0 Å². The number of amides is 1. The monoisotopic (exact) mass is 365 g/mol. The van der Waals surface area contributed by atoms with Gasteiger partial charge in [0.25, 0.3) is 5.91 Å². The number of sulfone groups is 1. The van der Waals surface area contributed by atoms with Crippen LogP contribution in [0.2, 0.25) is 0 Å². The number of hydrogen-bond donors (Lipinski definition) is 1. The number of carbonyl (C=O) groups is 2. The van der Waals surface area contributed by atoms with E-state index in [2.05, 4.69) is 5.32 Å². The van der Waals surface area contributed by atoms with Gasteiger partial charge in [-0.05, 0) is 40.6 Å². The van der Waals surface area contributed by atoms with E-state index in [1.165, 1.54) is 29.5 Å². The minimum absolute atomic E-state index is 0.00188. The molecule has 1 heterocycles. The van der Waals surface area contributed by atoms with Gasteiger partial charge in [-0.1, -0.05) is 12.1 Å². The summed E-state index contributed by atoms with van der Waals surface area (Å²) >= 11 is 1.50. The van der Waals surface area contributed by atoms with E-state index >= 15 is 0 Å². The Morgan fingerprint density at radius 3 is 2.67 bits per heavy atom. The van der Waals surface area contributed by atoms with Gasteiger partial charge in [0.05, 0.1) is 10.6 Å². The SMILES string of the molecule is CS(=O)(=O)c1ccccc1NC(=O)COC(=O)/C=C/c1ccsc1. The number of hydrogen-bond acceptors (Lipinski definition) is 6. The van der Waals surface area contributed by atoms with Crippen LogP contribution in [-0.2, 0) is 24.2 Å². The highest BCUT2D eigenvalue weighted by atomic mass is 32.2. The lowest BCUT2D eigenvalue weighted by molar-refractivity contribution is -0.142. The van der Waals surface area contributed by atoms with Crippen molar-refractivity contribution >= 4 is 44.8 Å². The minimum atomic E-state index is -3.48. The van der Waals surface area contributed by atoms with Crippen molar-refractivity contribution in [2.24, 2.45) is 0 Å². The zero-order chi connectivity index (χ0) is 17.6. The van der Waals surface area contributed by atoms with Crippen LogP contribution in [0.25, 0.3) is 6.08 Å². The van der Waals surface area contributed by atoms with Crippen molar-refractivity contribution in [2.75, 3.05) is 18.2 Å². The lowest BCUT2D eigenvalue weighted by Crippen LogP contribution is -2.21. The average Bonchev–Trinajstić information content (AvgIpc) is 3.04. The molecule has 2 rings (SSSR count). The molecule has 0 fully saturated rings. The number of rotatable bonds is 6. The Bertz CT molecular complexity index is 854. The summed E-state index contributed by atoms with van der Waals surface area (Å²) in [6.45, 7) is -0.509. The zero-order valence-electron chi connectivity index (χ0n) is 12.8. The molecule has 0 aliphatic rings. The first-order valence-corrected chi connectivity index (χ1v) is 9.65. The third kappa shape index (κ3) is 5.32. The van der Waals surface area contributed by atoms with Gasteiger partial charge in [-0.25, -0.2) is 13.2 Å². The summed E-state index contributed by atoms with van der Waals surface area (Å²) in [5.41, 5.74) is 1.01. The number of anilines is 1. The summed E-state index contributed by atoms with van der Waals surface area (Å²) in [6.07, 6.45) is 3.85. The van der Waals surface area contributed by atoms with Crippen LogP contribution >= 0.6 is 11.3 Å². The van der Waals surface area contributed by atoms with Crippen molar-refractivity contribution in [3.8, 4) is 0 Å². The largest absolute Gasteiger partial charge is 0.452 e. The fourth-order valence-corrected chi connectivity index (χ4v) is 3.27. The summed E-state index contributed by atoms with van der Waals surface area (Å²) in [5.74, 6) is -1.28. The smallest absolute Gasteiger partial charge is 0.331 e. The summed E-state index contributed by atoms with van der Waals surface area (Å²) < 4.78 is 28.1. The van der Waals surface area contributed by atoms with Crippen LogP contribution in [0.5, 0.6) is 0 Å². The van der Waals surface area contributed by atoms with Crippen LogP contribution in [0.1, 0.15) is 5.56 Å². The summed E-state index contributed by atoms with van der Waals surface area (Å²) in [6, 6.07) is 7.84. The van der Waals surface area contributed by atoms with Crippen LogP contribution in [0.4, 0.5) is 5.69 Å². The molecule has 2 aromatic rings. The van der Waals surface area contributed by atoms with Gasteiger partial charge in [-0.3, -0.25) is 4.79 Å². The Balaban J connectivity index is 1.91. The number of carbonyl (C=O) groups excluding carboxylic acids is 2. The van der Waals surface area contributed by atoms with Crippen LogP contribution in [-0.4, -0.2) is 33.2 Å². The van der Waals surface area contributed by atoms with Crippen molar-refractivity contribution in [1.29, 1.82) is 0 Å². The average molecular weight is 365 g/mol. The van der Waals surface area contributed by atoms with E-state index in [0.29, 0.717) is 0 Å². The second-order valence-corrected chi connectivity index (χ2v) is 7.58. The van der Waals surface area contributed by atoms with Crippen LogP contribution in [0.3, 0.4) is 0 Å². The Morgan fingerprint density at radius 1 is 1.25 bits per heavy atom. The first kappa shape index (κ1) is 17.9. The third-order valence-electron chi connectivity index (χ3n) is 2.86. The molecule has 0 saturated heterocycles. The summed E-state index contributed by atoms with van der Waals surface area (Å²) in [4.78, 5) is 23.4. The zero-order valence-corrected chi connectivity index (χ0v) is 14.4. The van der Waals surface area contributed by atoms with Gasteiger partial charge in [0.2, 0.25) is 0 Å². The topological polar surface area (TPSA) is 89.5 Å². The van der Waals surface area contributed by atoms with Gasteiger partial charge in [0, 0.05) is 12.3 Å². The van der Waals surface area contributed by atoms with E-state index in [1.807, 2.05) is 16.8 Å². The van der Waals surface area contributed by atoms with Crippen LogP contribution in [0.15, 0.2) is 52.1 Å². The predicted molar refractivity (Wildman–Crippen MR) is 92.5 cm³/mol. The number of ether oxygens (including phenoxy) is 1. The molecule has 8 heteroatoms. The quantitative estimate of drug-likeness (QED) is 0.627. The molecule has 1 amide bonds. The molecule has 0 spiro atoms. The molecule has 1 aromatic carbocycles. The fraction of sp³-hybridized carbons (Fsp3) is 0.125. The maximum Gasteiger partial charge on any atom is 0.331 e. The predicted octanol–water partition coefficient (Wildman–Crippen LogP) is 2.35. The molecule has 0 aliphatic carbocycles. The van der Waals surface area contributed by atoms with Crippen molar-refractivity contribution < 1.29 is 22.7 Å². The van der Waals surface area contributed by atoms with Gasteiger partial charge in [0.15, 0.2) is 16.4 Å². The number of benzene rings is 1. The molecule has 24 heavy (non-hydrogen) atoms. The van der Waals surface area contributed by atoms with Gasteiger partial charge >= 0.3 is 5.97 Å². The maximum atomic E-state index is 11.8. The van der Waals surface area contributed by atoms with Crippen molar-refractivity contribution in [2.45, 2.75) is 4.90 Å². The normalized spacial score (nSPS) is 11.4.